The van der Waals surface area contributed by atoms with Gasteiger partial charge in [-0.2, -0.15) is 0 Å². The molecule has 0 N–H and O–H groups in total. The van der Waals surface area contributed by atoms with Crippen molar-refractivity contribution in [2.24, 2.45) is 17.3 Å². The van der Waals surface area contributed by atoms with Crippen LogP contribution in [0.5, 0.6) is 0 Å². The molecule has 0 aliphatic rings. The molecule has 4 nitrogen and oxygen atoms in total. The molecule has 2 atom stereocenters. The van der Waals surface area contributed by atoms with Crippen LogP contribution in [0.3, 0.4) is 0 Å². The average molecular weight is 272 g/mol. The topological polar surface area (TPSA) is 52.6 Å². The lowest BCUT2D eigenvalue weighted by Crippen LogP contribution is -2.51. The zero-order valence-corrected chi connectivity index (χ0v) is 13.1. The van der Waals surface area contributed by atoms with E-state index in [1.54, 1.807) is 13.8 Å². The second-order valence-corrected chi connectivity index (χ2v) is 4.93. The molecule has 112 valence electrons. The second-order valence-electron chi connectivity index (χ2n) is 4.93. The Kier molecular flexibility index (Phi) is 7.72. The number of rotatable bonds is 8. The summed E-state index contributed by atoms with van der Waals surface area (Å²) in [5.41, 5.74) is -1.18. The standard InChI is InChI=1S/C15H28O4/c1-7-11(5)15(12(6)8-2,13(16)18-9-3)14(17)19-10-4/h11-12H,7-10H2,1-6H3. The predicted octanol–water partition coefficient (Wildman–Crippen LogP) is 3.19. The molecule has 0 radical (unpaired) electrons. The van der Waals surface area contributed by atoms with Crippen LogP contribution in [0.25, 0.3) is 0 Å². The predicted molar refractivity (Wildman–Crippen MR) is 74.6 cm³/mol. The van der Waals surface area contributed by atoms with Crippen LogP contribution in [-0.4, -0.2) is 25.2 Å². The van der Waals surface area contributed by atoms with Crippen molar-refractivity contribution in [3.63, 3.8) is 0 Å². The minimum atomic E-state index is -1.18. The van der Waals surface area contributed by atoms with Crippen LogP contribution in [0.4, 0.5) is 0 Å². The highest BCUT2D eigenvalue weighted by Crippen LogP contribution is 2.42. The molecule has 0 heterocycles. The van der Waals surface area contributed by atoms with Crippen molar-refractivity contribution in [1.29, 1.82) is 0 Å². The minimum absolute atomic E-state index is 0.111. The lowest BCUT2D eigenvalue weighted by Gasteiger charge is -2.38. The van der Waals surface area contributed by atoms with Gasteiger partial charge in [0, 0.05) is 0 Å². The van der Waals surface area contributed by atoms with Crippen LogP contribution in [0, 0.1) is 17.3 Å². The van der Waals surface area contributed by atoms with Crippen LogP contribution in [0.15, 0.2) is 0 Å². The molecule has 0 aliphatic carbocycles. The Morgan fingerprint density at radius 3 is 1.37 bits per heavy atom. The van der Waals surface area contributed by atoms with Gasteiger partial charge in [-0.05, 0) is 25.7 Å². The Balaban J connectivity index is 5.71. The molecule has 0 saturated carbocycles. The van der Waals surface area contributed by atoms with Gasteiger partial charge in [0.15, 0.2) is 5.41 Å². The number of hydrogen-bond acceptors (Lipinski definition) is 4. The minimum Gasteiger partial charge on any atom is -0.465 e. The third-order valence-electron chi connectivity index (χ3n) is 4.01. The normalized spacial score (nSPS) is 14.6. The molecule has 0 amide bonds. The van der Waals surface area contributed by atoms with E-state index in [-0.39, 0.29) is 25.0 Å². The molecular weight excluding hydrogens is 244 g/mol. The maximum absolute atomic E-state index is 12.5. The molecule has 0 spiro atoms. The van der Waals surface area contributed by atoms with E-state index in [0.717, 1.165) is 12.8 Å². The summed E-state index contributed by atoms with van der Waals surface area (Å²) < 4.78 is 10.4. The Bertz CT molecular complexity index is 269. The smallest absolute Gasteiger partial charge is 0.324 e. The van der Waals surface area contributed by atoms with E-state index in [2.05, 4.69) is 0 Å². The Morgan fingerprint density at radius 2 is 1.16 bits per heavy atom. The molecule has 0 aromatic rings. The van der Waals surface area contributed by atoms with E-state index >= 15 is 0 Å². The highest BCUT2D eigenvalue weighted by Gasteiger charge is 2.55. The summed E-state index contributed by atoms with van der Waals surface area (Å²) in [5, 5.41) is 0. The quantitative estimate of drug-likeness (QED) is 0.503. The van der Waals surface area contributed by atoms with Gasteiger partial charge in [0.05, 0.1) is 13.2 Å². The molecule has 0 saturated heterocycles. The van der Waals surface area contributed by atoms with Crippen molar-refractivity contribution in [2.45, 2.75) is 54.4 Å². The third-order valence-corrected chi connectivity index (χ3v) is 4.01. The third kappa shape index (κ3) is 3.48. The highest BCUT2D eigenvalue weighted by molar-refractivity contribution is 6.00. The first kappa shape index (κ1) is 17.9. The fourth-order valence-corrected chi connectivity index (χ4v) is 2.52. The van der Waals surface area contributed by atoms with E-state index in [0.29, 0.717) is 0 Å². The van der Waals surface area contributed by atoms with Gasteiger partial charge in [0.1, 0.15) is 0 Å². The average Bonchev–Trinajstić information content (AvgIpc) is 2.39. The molecule has 0 rings (SSSR count). The SMILES string of the molecule is CCOC(=O)C(C(=O)OCC)(C(C)CC)C(C)CC. The van der Waals surface area contributed by atoms with Crippen LogP contribution in [-0.2, 0) is 19.1 Å². The molecule has 0 aliphatic heterocycles. The van der Waals surface area contributed by atoms with Crippen LogP contribution < -0.4 is 0 Å². The molecule has 0 fully saturated rings. The Labute approximate surface area is 116 Å². The molecule has 0 bridgehead atoms. The number of esters is 2. The summed E-state index contributed by atoms with van der Waals surface area (Å²) >= 11 is 0. The first-order chi connectivity index (χ1) is 8.93. The van der Waals surface area contributed by atoms with Gasteiger partial charge in [-0.25, -0.2) is 0 Å². The maximum Gasteiger partial charge on any atom is 0.324 e. The summed E-state index contributed by atoms with van der Waals surface area (Å²) in [7, 11) is 0. The van der Waals surface area contributed by atoms with Crippen LogP contribution in [0.1, 0.15) is 54.4 Å². The van der Waals surface area contributed by atoms with Gasteiger partial charge in [-0.15, -0.1) is 0 Å². The summed E-state index contributed by atoms with van der Waals surface area (Å²) in [4.78, 5) is 24.9. The summed E-state index contributed by atoms with van der Waals surface area (Å²) in [6, 6.07) is 0. The number of ether oxygens (including phenoxy) is 2. The zero-order valence-electron chi connectivity index (χ0n) is 13.1. The van der Waals surface area contributed by atoms with E-state index in [9.17, 15) is 9.59 Å². The second kappa shape index (κ2) is 8.18. The lowest BCUT2D eigenvalue weighted by molar-refractivity contribution is -0.182. The van der Waals surface area contributed by atoms with Gasteiger partial charge in [0.25, 0.3) is 0 Å². The molecule has 19 heavy (non-hydrogen) atoms. The van der Waals surface area contributed by atoms with Crippen molar-refractivity contribution < 1.29 is 19.1 Å². The Hall–Kier alpha value is -1.06. The van der Waals surface area contributed by atoms with Crippen molar-refractivity contribution in [2.75, 3.05) is 13.2 Å². The number of hydrogen-bond donors (Lipinski definition) is 0. The number of carbonyl (C=O) groups excluding carboxylic acids is 2. The van der Waals surface area contributed by atoms with Gasteiger partial charge < -0.3 is 9.47 Å². The van der Waals surface area contributed by atoms with Gasteiger partial charge in [-0.1, -0.05) is 40.5 Å². The maximum atomic E-state index is 12.5. The zero-order chi connectivity index (χ0) is 15.1. The van der Waals surface area contributed by atoms with Gasteiger partial charge in [-0.3, -0.25) is 9.59 Å². The monoisotopic (exact) mass is 272 g/mol. The van der Waals surface area contributed by atoms with Crippen LogP contribution in [0.2, 0.25) is 0 Å². The highest BCUT2D eigenvalue weighted by atomic mass is 16.6. The molecule has 0 aromatic carbocycles. The van der Waals surface area contributed by atoms with E-state index in [4.69, 9.17) is 9.47 Å². The van der Waals surface area contributed by atoms with Crippen molar-refractivity contribution in [3.8, 4) is 0 Å². The van der Waals surface area contributed by atoms with Gasteiger partial charge >= 0.3 is 11.9 Å². The largest absolute Gasteiger partial charge is 0.465 e. The van der Waals surface area contributed by atoms with Crippen molar-refractivity contribution >= 4 is 11.9 Å². The molecule has 0 aromatic heterocycles. The van der Waals surface area contributed by atoms with E-state index < -0.39 is 17.4 Å². The molecule has 2 unspecified atom stereocenters. The fraction of sp³-hybridized carbons (Fsp3) is 0.867. The summed E-state index contributed by atoms with van der Waals surface area (Å²) in [6.45, 7) is 11.8. The summed E-state index contributed by atoms with van der Waals surface area (Å²) in [6.07, 6.45) is 1.45. The van der Waals surface area contributed by atoms with E-state index in [1.807, 2.05) is 27.7 Å². The summed E-state index contributed by atoms with van der Waals surface area (Å²) in [5.74, 6) is -1.12. The van der Waals surface area contributed by atoms with Gasteiger partial charge in [0.2, 0.25) is 0 Å². The Morgan fingerprint density at radius 1 is 0.842 bits per heavy atom. The van der Waals surface area contributed by atoms with Crippen LogP contribution >= 0.6 is 0 Å². The fourth-order valence-electron chi connectivity index (χ4n) is 2.52. The molecule has 4 heteroatoms. The van der Waals surface area contributed by atoms with Crippen molar-refractivity contribution in [3.05, 3.63) is 0 Å². The van der Waals surface area contributed by atoms with Crippen molar-refractivity contribution in [1.82, 2.24) is 0 Å². The van der Waals surface area contributed by atoms with E-state index in [1.165, 1.54) is 0 Å². The first-order valence-corrected chi connectivity index (χ1v) is 7.27. The first-order valence-electron chi connectivity index (χ1n) is 7.27. The lowest BCUT2D eigenvalue weighted by atomic mass is 9.65. The molecular formula is C15H28O4. The number of carbonyl (C=O) groups is 2.